The van der Waals surface area contributed by atoms with E-state index in [1.165, 1.54) is 18.1 Å². The van der Waals surface area contributed by atoms with Gasteiger partial charge in [-0.25, -0.2) is 14.6 Å². The van der Waals surface area contributed by atoms with E-state index in [9.17, 15) is 0 Å². The van der Waals surface area contributed by atoms with E-state index in [0.29, 0.717) is 22.2 Å². The quantitative estimate of drug-likeness (QED) is 0.736. The molecule has 0 aliphatic rings. The number of nitrogens with one attached hydrogen (secondary N) is 1. The van der Waals surface area contributed by atoms with E-state index in [4.69, 9.17) is 0 Å². The summed E-state index contributed by atoms with van der Waals surface area (Å²) in [4.78, 5) is 21.1. The van der Waals surface area contributed by atoms with Crippen molar-refractivity contribution in [2.75, 3.05) is 12.4 Å². The summed E-state index contributed by atoms with van der Waals surface area (Å²) < 4.78 is 3.37. The maximum absolute atomic E-state index is 4.38. The zero-order chi connectivity index (χ0) is 13.9. The molecule has 20 heavy (non-hydrogen) atoms. The molecule has 0 aliphatic carbocycles. The summed E-state index contributed by atoms with van der Waals surface area (Å²) in [5.41, 5.74) is 0. The largest absolute Gasteiger partial charge is 0.357 e. The minimum absolute atomic E-state index is 0.480. The summed E-state index contributed by atoms with van der Waals surface area (Å²) in [5.74, 6) is 0.972. The van der Waals surface area contributed by atoms with Crippen LogP contribution in [0.5, 0.6) is 0 Å². The highest BCUT2D eigenvalue weighted by Gasteiger charge is 2.11. The molecule has 0 fully saturated rings. The van der Waals surface area contributed by atoms with Crippen molar-refractivity contribution in [2.24, 2.45) is 7.05 Å². The lowest BCUT2D eigenvalue weighted by Gasteiger charge is -2.06. The highest BCUT2D eigenvalue weighted by molar-refractivity contribution is 7.99. The summed E-state index contributed by atoms with van der Waals surface area (Å²) in [6.07, 6.45) is 6.55. The van der Waals surface area contributed by atoms with Crippen molar-refractivity contribution >= 4 is 17.7 Å². The Bertz CT molecular complexity index is 705. The van der Waals surface area contributed by atoms with Gasteiger partial charge in [0.25, 0.3) is 0 Å². The molecule has 10 heteroatoms. The molecule has 0 saturated carbocycles. The van der Waals surface area contributed by atoms with Gasteiger partial charge in [0, 0.05) is 26.5 Å². The predicted octanol–water partition coefficient (Wildman–Crippen LogP) is 0.379. The third kappa shape index (κ3) is 2.45. The zero-order valence-corrected chi connectivity index (χ0v) is 11.6. The third-order valence-electron chi connectivity index (χ3n) is 2.41. The first-order chi connectivity index (χ1) is 9.76. The zero-order valence-electron chi connectivity index (χ0n) is 10.8. The molecule has 0 unspecified atom stereocenters. The van der Waals surface area contributed by atoms with E-state index in [-0.39, 0.29) is 0 Å². The highest BCUT2D eigenvalue weighted by atomic mass is 32.2. The van der Waals surface area contributed by atoms with Crippen molar-refractivity contribution in [2.45, 2.75) is 10.3 Å². The van der Waals surface area contributed by atoms with E-state index in [1.807, 2.05) is 7.05 Å². The second kappa shape index (κ2) is 5.25. The first-order valence-electron chi connectivity index (χ1n) is 5.70. The lowest BCUT2D eigenvalue weighted by molar-refractivity contribution is 0.683. The van der Waals surface area contributed by atoms with Crippen molar-refractivity contribution in [3.8, 4) is 5.95 Å². The van der Waals surface area contributed by atoms with E-state index < -0.39 is 0 Å². The van der Waals surface area contributed by atoms with Crippen LogP contribution >= 0.6 is 11.8 Å². The van der Waals surface area contributed by atoms with Gasteiger partial charge in [0.05, 0.1) is 0 Å². The van der Waals surface area contributed by atoms with Gasteiger partial charge in [-0.2, -0.15) is 20.1 Å². The molecule has 102 valence electrons. The van der Waals surface area contributed by atoms with Crippen molar-refractivity contribution in [1.82, 2.24) is 39.3 Å². The molecule has 3 aromatic rings. The number of aromatic nitrogens is 8. The average Bonchev–Trinajstić information content (AvgIpc) is 3.11. The van der Waals surface area contributed by atoms with Crippen LogP contribution in [0.25, 0.3) is 5.95 Å². The summed E-state index contributed by atoms with van der Waals surface area (Å²) >= 11 is 1.32. The number of rotatable bonds is 4. The summed E-state index contributed by atoms with van der Waals surface area (Å²) in [5, 5.41) is 8.16. The van der Waals surface area contributed by atoms with Gasteiger partial charge in [-0.3, -0.25) is 4.57 Å². The fourth-order valence-electron chi connectivity index (χ4n) is 1.46. The van der Waals surface area contributed by atoms with Gasteiger partial charge in [0.15, 0.2) is 5.16 Å². The van der Waals surface area contributed by atoms with E-state index in [0.717, 1.165) is 0 Å². The van der Waals surface area contributed by atoms with E-state index in [2.05, 4.69) is 35.3 Å². The average molecular weight is 289 g/mol. The molecule has 0 spiro atoms. The van der Waals surface area contributed by atoms with Gasteiger partial charge in [0.2, 0.25) is 17.1 Å². The lowest BCUT2D eigenvalue weighted by Crippen LogP contribution is -2.06. The van der Waals surface area contributed by atoms with Gasteiger partial charge >= 0.3 is 0 Å². The van der Waals surface area contributed by atoms with Gasteiger partial charge < -0.3 is 5.32 Å². The van der Waals surface area contributed by atoms with Crippen LogP contribution in [0.1, 0.15) is 0 Å². The highest BCUT2D eigenvalue weighted by Crippen LogP contribution is 2.22. The summed E-state index contributed by atoms with van der Waals surface area (Å²) in [6.45, 7) is 0. The van der Waals surface area contributed by atoms with Crippen LogP contribution in [0.15, 0.2) is 35.4 Å². The molecule has 0 atom stereocenters. The first-order valence-corrected chi connectivity index (χ1v) is 6.52. The maximum atomic E-state index is 4.38. The molecular weight excluding hydrogens is 278 g/mol. The maximum Gasteiger partial charge on any atom is 0.240 e. The minimum Gasteiger partial charge on any atom is -0.357 e. The molecule has 0 saturated heterocycles. The second-order valence-electron chi connectivity index (χ2n) is 3.73. The van der Waals surface area contributed by atoms with Crippen LogP contribution in [0.2, 0.25) is 0 Å². The van der Waals surface area contributed by atoms with Crippen molar-refractivity contribution in [1.29, 1.82) is 0 Å². The first kappa shape index (κ1) is 12.5. The number of hydrogen-bond donors (Lipinski definition) is 1. The topological polar surface area (TPSA) is 99.2 Å². The Morgan fingerprint density at radius 3 is 2.80 bits per heavy atom. The fourth-order valence-corrected chi connectivity index (χ4v) is 2.16. The van der Waals surface area contributed by atoms with E-state index >= 15 is 0 Å². The Balaban J connectivity index is 1.98. The Labute approximate surface area is 118 Å². The van der Waals surface area contributed by atoms with Crippen LogP contribution < -0.4 is 5.32 Å². The Morgan fingerprint density at radius 2 is 2.15 bits per heavy atom. The molecule has 0 amide bonds. The third-order valence-corrected chi connectivity index (χ3v) is 3.33. The van der Waals surface area contributed by atoms with Gasteiger partial charge in [-0.1, -0.05) is 0 Å². The molecule has 3 aromatic heterocycles. The summed E-state index contributed by atoms with van der Waals surface area (Å²) in [6, 6.07) is 0. The molecule has 3 heterocycles. The molecule has 9 nitrogen and oxygen atoms in total. The normalized spacial score (nSPS) is 10.7. The Kier molecular flexibility index (Phi) is 3.29. The van der Waals surface area contributed by atoms with Crippen LogP contribution in [-0.4, -0.2) is 46.3 Å². The van der Waals surface area contributed by atoms with Gasteiger partial charge in [0.1, 0.15) is 12.7 Å². The minimum atomic E-state index is 0.480. The molecule has 0 bridgehead atoms. The SMILES string of the molecule is CNc1nc(Sc2ncnn2C)nc(-n2ccnc2)n1. The van der Waals surface area contributed by atoms with Gasteiger partial charge in [-0.15, -0.1) is 0 Å². The molecule has 0 aliphatic heterocycles. The fraction of sp³-hybridized carbons (Fsp3) is 0.200. The van der Waals surface area contributed by atoms with Crippen LogP contribution in [-0.2, 0) is 7.05 Å². The number of imidazole rings is 1. The van der Waals surface area contributed by atoms with Crippen molar-refractivity contribution in [3.05, 3.63) is 25.0 Å². The molecule has 3 rings (SSSR count). The van der Waals surface area contributed by atoms with Crippen LogP contribution in [0.4, 0.5) is 5.95 Å². The van der Waals surface area contributed by atoms with Gasteiger partial charge in [-0.05, 0) is 11.8 Å². The predicted molar refractivity (Wildman–Crippen MR) is 71.6 cm³/mol. The lowest BCUT2D eigenvalue weighted by atomic mass is 10.8. The van der Waals surface area contributed by atoms with Crippen LogP contribution in [0.3, 0.4) is 0 Å². The number of nitrogens with zero attached hydrogens (tertiary/aromatic N) is 8. The van der Waals surface area contributed by atoms with Crippen molar-refractivity contribution < 1.29 is 0 Å². The standard InChI is InChI=1S/C10H11N9S/c1-11-7-15-8(19-4-3-12-6-19)17-9(16-7)20-10-13-5-14-18(10)2/h3-6H,1-2H3,(H,11,15,16,17). The molecular formula is C10H11N9S. The number of aryl methyl sites for hydroxylation is 1. The number of anilines is 1. The monoisotopic (exact) mass is 289 g/mol. The van der Waals surface area contributed by atoms with E-state index in [1.54, 1.807) is 35.0 Å². The molecule has 0 aromatic carbocycles. The number of hydrogen-bond acceptors (Lipinski definition) is 8. The summed E-state index contributed by atoms with van der Waals surface area (Å²) in [7, 11) is 3.57. The Morgan fingerprint density at radius 1 is 1.25 bits per heavy atom. The van der Waals surface area contributed by atoms with Crippen LogP contribution in [0, 0.1) is 0 Å². The smallest absolute Gasteiger partial charge is 0.240 e. The molecule has 0 radical (unpaired) electrons. The second-order valence-corrected chi connectivity index (χ2v) is 4.66. The molecule has 1 N–H and O–H groups in total. The van der Waals surface area contributed by atoms with Crippen molar-refractivity contribution in [3.63, 3.8) is 0 Å². The Hall–Kier alpha value is -2.49.